The van der Waals surface area contributed by atoms with E-state index < -0.39 is 0 Å². The quantitative estimate of drug-likeness (QED) is 0.477. The van der Waals surface area contributed by atoms with E-state index in [4.69, 9.17) is 4.74 Å². The molecule has 7 nitrogen and oxygen atoms in total. The summed E-state index contributed by atoms with van der Waals surface area (Å²) in [4.78, 5) is 13.7. The van der Waals surface area contributed by atoms with E-state index in [0.29, 0.717) is 6.61 Å². The number of likely N-dealkylation sites (N-methyl/N-ethyl adjacent to an activating group) is 1. The monoisotopic (exact) mass is 410 g/mol. The van der Waals surface area contributed by atoms with Gasteiger partial charge in [-0.1, -0.05) is 23.5 Å². The Morgan fingerprint density at radius 3 is 2.86 bits per heavy atom. The summed E-state index contributed by atoms with van der Waals surface area (Å²) < 4.78 is 7.08. The summed E-state index contributed by atoms with van der Waals surface area (Å²) in [5.74, 6) is 0.818. The average Bonchev–Trinajstić information content (AvgIpc) is 3.17. The van der Waals surface area contributed by atoms with Crippen LogP contribution in [0.1, 0.15) is 12.6 Å². The maximum atomic E-state index is 5.95. The molecule has 1 aliphatic heterocycles. The van der Waals surface area contributed by atoms with Crippen molar-refractivity contribution < 1.29 is 4.74 Å². The molecule has 152 valence electrons. The smallest absolute Gasteiger partial charge is 0.204 e. The number of nitrogens with zero attached hydrogens (tertiary/aromatic N) is 5. The molecule has 0 spiro atoms. The fourth-order valence-corrected chi connectivity index (χ4v) is 3.98. The molecule has 3 aromatic rings. The van der Waals surface area contributed by atoms with E-state index in [0.717, 1.165) is 65.2 Å². The number of hydrogen-bond acceptors (Lipinski definition) is 8. The Balaban J connectivity index is 1.32. The molecule has 0 saturated carbocycles. The summed E-state index contributed by atoms with van der Waals surface area (Å²) in [5.41, 5.74) is 5.59. The van der Waals surface area contributed by atoms with Crippen molar-refractivity contribution in [1.29, 1.82) is 0 Å². The van der Waals surface area contributed by atoms with Crippen LogP contribution in [0.4, 0.5) is 5.13 Å². The van der Waals surface area contributed by atoms with Gasteiger partial charge in [0.25, 0.3) is 0 Å². The molecule has 0 bridgehead atoms. The summed E-state index contributed by atoms with van der Waals surface area (Å²) in [6.07, 6.45) is 1.76. The highest BCUT2D eigenvalue weighted by molar-refractivity contribution is 7.22. The number of para-hydroxylation sites is 1. The van der Waals surface area contributed by atoms with E-state index in [2.05, 4.69) is 43.4 Å². The van der Waals surface area contributed by atoms with Gasteiger partial charge in [0.1, 0.15) is 12.4 Å². The van der Waals surface area contributed by atoms with Crippen LogP contribution >= 0.6 is 11.3 Å². The zero-order chi connectivity index (χ0) is 20.1. The molecular weight excluding hydrogens is 384 g/mol. The SMILES string of the molecule is C/C(=N\Nc1nc2ccccc2s1)c1cc(OCCN2CCN(C)CC2)ccn1. The molecule has 0 unspecified atom stereocenters. The molecule has 1 N–H and O–H groups in total. The Kier molecular flexibility index (Phi) is 6.33. The van der Waals surface area contributed by atoms with E-state index in [1.54, 1.807) is 17.5 Å². The van der Waals surface area contributed by atoms with E-state index in [9.17, 15) is 0 Å². The number of thiazole rings is 1. The van der Waals surface area contributed by atoms with E-state index in [-0.39, 0.29) is 0 Å². The number of hydrazone groups is 1. The van der Waals surface area contributed by atoms with Gasteiger partial charge in [0.2, 0.25) is 5.13 Å². The molecule has 0 atom stereocenters. The van der Waals surface area contributed by atoms with Gasteiger partial charge in [-0.2, -0.15) is 5.10 Å². The zero-order valence-corrected chi connectivity index (χ0v) is 17.7. The Morgan fingerprint density at radius 2 is 2.03 bits per heavy atom. The van der Waals surface area contributed by atoms with Gasteiger partial charge in [0, 0.05) is 45.0 Å². The van der Waals surface area contributed by atoms with Crippen LogP contribution < -0.4 is 10.2 Å². The van der Waals surface area contributed by atoms with Crippen LogP contribution in [0.15, 0.2) is 47.7 Å². The van der Waals surface area contributed by atoms with Gasteiger partial charge in [-0.15, -0.1) is 0 Å². The number of ether oxygens (including phenoxy) is 1. The second-order valence-corrected chi connectivity index (χ2v) is 8.20. The van der Waals surface area contributed by atoms with E-state index >= 15 is 0 Å². The van der Waals surface area contributed by atoms with Gasteiger partial charge in [-0.05, 0) is 32.2 Å². The molecule has 4 rings (SSSR count). The molecule has 8 heteroatoms. The molecule has 1 fully saturated rings. The minimum absolute atomic E-state index is 0.674. The summed E-state index contributed by atoms with van der Waals surface area (Å²) in [7, 11) is 2.17. The predicted molar refractivity (Wildman–Crippen MR) is 119 cm³/mol. The van der Waals surface area contributed by atoms with Gasteiger partial charge < -0.3 is 9.64 Å². The average molecular weight is 411 g/mol. The molecule has 0 amide bonds. The van der Waals surface area contributed by atoms with Crippen molar-refractivity contribution in [1.82, 2.24) is 19.8 Å². The van der Waals surface area contributed by atoms with Crippen molar-refractivity contribution in [3.8, 4) is 5.75 Å². The summed E-state index contributed by atoms with van der Waals surface area (Å²) in [5, 5.41) is 5.21. The Morgan fingerprint density at radius 1 is 1.21 bits per heavy atom. The molecular formula is C21H26N6OS. The summed E-state index contributed by atoms with van der Waals surface area (Å²) in [6, 6.07) is 11.9. The number of fused-ring (bicyclic) bond motifs is 1. The third-order valence-corrected chi connectivity index (χ3v) is 5.93. The van der Waals surface area contributed by atoms with Crippen LogP contribution in [0.3, 0.4) is 0 Å². The van der Waals surface area contributed by atoms with E-state index in [1.165, 1.54) is 0 Å². The van der Waals surface area contributed by atoms with Gasteiger partial charge in [0.05, 0.1) is 21.6 Å². The molecule has 0 radical (unpaired) electrons. The number of rotatable bonds is 7. The largest absolute Gasteiger partial charge is 0.492 e. The first-order valence-corrected chi connectivity index (χ1v) is 10.6. The first-order valence-electron chi connectivity index (χ1n) is 9.83. The van der Waals surface area contributed by atoms with Gasteiger partial charge >= 0.3 is 0 Å². The van der Waals surface area contributed by atoms with Crippen molar-refractivity contribution in [2.75, 3.05) is 51.8 Å². The Labute approximate surface area is 175 Å². The lowest BCUT2D eigenvalue weighted by molar-refractivity contribution is 0.133. The number of hydrogen-bond donors (Lipinski definition) is 1. The third-order valence-electron chi connectivity index (χ3n) is 4.99. The van der Waals surface area contributed by atoms with Gasteiger partial charge in [0.15, 0.2) is 0 Å². The van der Waals surface area contributed by atoms with Crippen LogP contribution in [0.5, 0.6) is 5.75 Å². The number of anilines is 1. The maximum absolute atomic E-state index is 5.95. The second-order valence-electron chi connectivity index (χ2n) is 7.17. The lowest BCUT2D eigenvalue weighted by Gasteiger charge is -2.32. The lowest BCUT2D eigenvalue weighted by atomic mass is 10.2. The Hall–Kier alpha value is -2.55. The Bertz CT molecular complexity index is 947. The van der Waals surface area contributed by atoms with Crippen molar-refractivity contribution in [3.63, 3.8) is 0 Å². The third kappa shape index (κ3) is 5.29. The van der Waals surface area contributed by atoms with Crippen molar-refractivity contribution in [3.05, 3.63) is 48.3 Å². The molecule has 2 aromatic heterocycles. The topological polar surface area (TPSA) is 65.9 Å². The minimum Gasteiger partial charge on any atom is -0.492 e. The van der Waals surface area contributed by atoms with E-state index in [1.807, 2.05) is 37.3 Å². The maximum Gasteiger partial charge on any atom is 0.204 e. The fraction of sp³-hybridized carbons (Fsp3) is 0.381. The zero-order valence-electron chi connectivity index (χ0n) is 16.8. The lowest BCUT2D eigenvalue weighted by Crippen LogP contribution is -2.45. The molecule has 1 aromatic carbocycles. The first kappa shape index (κ1) is 19.8. The second kappa shape index (κ2) is 9.30. The highest BCUT2D eigenvalue weighted by Crippen LogP contribution is 2.25. The molecule has 1 saturated heterocycles. The van der Waals surface area contributed by atoms with Gasteiger partial charge in [-0.25, -0.2) is 4.98 Å². The first-order chi connectivity index (χ1) is 14.2. The molecule has 3 heterocycles. The fourth-order valence-electron chi connectivity index (χ4n) is 3.17. The highest BCUT2D eigenvalue weighted by Gasteiger charge is 2.13. The van der Waals surface area contributed by atoms with Crippen LogP contribution in [-0.4, -0.2) is 71.9 Å². The summed E-state index contributed by atoms with van der Waals surface area (Å²) >= 11 is 1.58. The van der Waals surface area contributed by atoms with Gasteiger partial charge in [-0.3, -0.25) is 15.3 Å². The molecule has 1 aliphatic rings. The van der Waals surface area contributed by atoms with Crippen LogP contribution in [-0.2, 0) is 0 Å². The minimum atomic E-state index is 0.674. The number of aromatic nitrogens is 2. The number of benzene rings is 1. The van der Waals surface area contributed by atoms with Crippen LogP contribution in [0, 0.1) is 0 Å². The van der Waals surface area contributed by atoms with Crippen LogP contribution in [0.25, 0.3) is 10.2 Å². The highest BCUT2D eigenvalue weighted by atomic mass is 32.1. The normalized spacial score (nSPS) is 16.3. The standard InChI is InChI=1S/C21H26N6OS/c1-16(24-25-21-23-18-5-3-4-6-20(18)29-21)19-15-17(7-8-22-19)28-14-13-27-11-9-26(2)10-12-27/h3-8,15H,9-14H2,1-2H3,(H,23,25)/b24-16+. The van der Waals surface area contributed by atoms with Crippen molar-refractivity contribution in [2.24, 2.45) is 5.10 Å². The number of pyridine rings is 1. The van der Waals surface area contributed by atoms with Crippen molar-refractivity contribution >= 4 is 32.4 Å². The summed E-state index contributed by atoms with van der Waals surface area (Å²) in [6.45, 7) is 7.99. The molecule has 0 aliphatic carbocycles. The molecule has 29 heavy (non-hydrogen) atoms. The number of nitrogens with one attached hydrogen (secondary N) is 1. The number of piperazine rings is 1. The van der Waals surface area contributed by atoms with Crippen molar-refractivity contribution in [2.45, 2.75) is 6.92 Å². The predicted octanol–water partition coefficient (Wildman–Crippen LogP) is 3.15. The van der Waals surface area contributed by atoms with Crippen LogP contribution in [0.2, 0.25) is 0 Å².